The number of nitrogens with zero attached hydrogens (tertiary/aromatic N) is 4. The molecule has 1 atom stereocenters. The first-order valence-corrected chi connectivity index (χ1v) is 6.69. The standard InChI is InChI=1S/C14H17N5O2/c1-19(2)8-10(15)14-16-13(21-18-14)7-11-9-5-3-4-6-12(9)20-17-11/h3-6,10H,7-8,15H2,1-2H3. The van der Waals surface area contributed by atoms with Crippen molar-refractivity contribution in [2.75, 3.05) is 20.6 Å². The van der Waals surface area contributed by atoms with Crippen molar-refractivity contribution in [2.45, 2.75) is 12.5 Å². The van der Waals surface area contributed by atoms with Crippen molar-refractivity contribution in [3.05, 3.63) is 41.7 Å². The molecule has 7 heteroatoms. The van der Waals surface area contributed by atoms with E-state index < -0.39 is 0 Å². The number of aromatic nitrogens is 3. The zero-order valence-corrected chi connectivity index (χ0v) is 12.0. The molecule has 3 rings (SSSR count). The lowest BCUT2D eigenvalue weighted by molar-refractivity contribution is 0.347. The molecule has 3 aromatic rings. The Labute approximate surface area is 121 Å². The molecule has 2 N–H and O–H groups in total. The van der Waals surface area contributed by atoms with Crippen molar-refractivity contribution in [1.29, 1.82) is 0 Å². The highest BCUT2D eigenvalue weighted by Crippen LogP contribution is 2.20. The van der Waals surface area contributed by atoms with E-state index in [1.54, 1.807) is 0 Å². The van der Waals surface area contributed by atoms with Crippen LogP contribution < -0.4 is 5.73 Å². The Kier molecular flexibility index (Phi) is 3.68. The first-order chi connectivity index (χ1) is 10.1. The maximum absolute atomic E-state index is 6.01. The van der Waals surface area contributed by atoms with Gasteiger partial charge in [-0.15, -0.1) is 0 Å². The molecule has 0 aliphatic heterocycles. The summed E-state index contributed by atoms with van der Waals surface area (Å²) < 4.78 is 10.5. The Morgan fingerprint density at radius 2 is 2.00 bits per heavy atom. The summed E-state index contributed by atoms with van der Waals surface area (Å²) in [5, 5.41) is 8.94. The summed E-state index contributed by atoms with van der Waals surface area (Å²) in [6.45, 7) is 0.659. The molecule has 110 valence electrons. The van der Waals surface area contributed by atoms with Crippen LogP contribution in [0, 0.1) is 0 Å². The maximum Gasteiger partial charge on any atom is 0.232 e. The van der Waals surface area contributed by atoms with Gasteiger partial charge >= 0.3 is 0 Å². The third-order valence-electron chi connectivity index (χ3n) is 3.15. The largest absolute Gasteiger partial charge is 0.356 e. The van der Waals surface area contributed by atoms with E-state index in [2.05, 4.69) is 15.3 Å². The van der Waals surface area contributed by atoms with E-state index in [1.807, 2.05) is 43.3 Å². The summed E-state index contributed by atoms with van der Waals surface area (Å²) in [5.41, 5.74) is 7.54. The molecule has 0 aliphatic carbocycles. The molecule has 21 heavy (non-hydrogen) atoms. The van der Waals surface area contributed by atoms with Crippen molar-refractivity contribution >= 4 is 11.0 Å². The zero-order chi connectivity index (χ0) is 14.8. The van der Waals surface area contributed by atoms with Crippen LogP contribution >= 0.6 is 0 Å². The number of para-hydroxylation sites is 1. The fraction of sp³-hybridized carbons (Fsp3) is 0.357. The Morgan fingerprint density at radius 3 is 2.81 bits per heavy atom. The van der Waals surface area contributed by atoms with Crippen molar-refractivity contribution in [3.63, 3.8) is 0 Å². The average Bonchev–Trinajstić information content (AvgIpc) is 3.06. The minimum Gasteiger partial charge on any atom is -0.356 e. The summed E-state index contributed by atoms with van der Waals surface area (Å²) in [5.74, 6) is 0.991. The van der Waals surface area contributed by atoms with E-state index in [4.69, 9.17) is 14.8 Å². The van der Waals surface area contributed by atoms with Crippen LogP contribution in [0.1, 0.15) is 23.5 Å². The molecular weight excluding hydrogens is 270 g/mol. The van der Waals surface area contributed by atoms with E-state index in [9.17, 15) is 0 Å². The Bertz CT molecular complexity index is 734. The van der Waals surface area contributed by atoms with Crippen molar-refractivity contribution in [1.82, 2.24) is 20.2 Å². The van der Waals surface area contributed by atoms with E-state index in [1.165, 1.54) is 0 Å². The van der Waals surface area contributed by atoms with Gasteiger partial charge in [-0.25, -0.2) is 0 Å². The van der Waals surface area contributed by atoms with Gasteiger partial charge in [-0.3, -0.25) is 0 Å². The molecule has 0 aliphatic rings. The highest BCUT2D eigenvalue weighted by molar-refractivity contribution is 5.79. The molecule has 0 amide bonds. The number of rotatable bonds is 5. The first-order valence-electron chi connectivity index (χ1n) is 6.69. The van der Waals surface area contributed by atoms with Crippen LogP contribution in [0.3, 0.4) is 0 Å². The predicted octanol–water partition coefficient (Wildman–Crippen LogP) is 1.36. The zero-order valence-electron chi connectivity index (χ0n) is 12.0. The number of likely N-dealkylation sites (N-methyl/N-ethyl adjacent to an activating group) is 1. The van der Waals surface area contributed by atoms with Crippen LogP contribution in [0.15, 0.2) is 33.3 Å². The topological polar surface area (TPSA) is 94.2 Å². The first kappa shape index (κ1) is 13.7. The highest BCUT2D eigenvalue weighted by Gasteiger charge is 2.17. The second-order valence-corrected chi connectivity index (χ2v) is 5.22. The van der Waals surface area contributed by atoms with E-state index in [0.717, 1.165) is 16.7 Å². The monoisotopic (exact) mass is 287 g/mol. The van der Waals surface area contributed by atoms with E-state index in [-0.39, 0.29) is 6.04 Å². The number of fused-ring (bicyclic) bond motifs is 1. The molecule has 0 saturated carbocycles. The van der Waals surface area contributed by atoms with E-state index >= 15 is 0 Å². The van der Waals surface area contributed by atoms with Crippen LogP contribution in [-0.2, 0) is 6.42 Å². The van der Waals surface area contributed by atoms with Crippen LogP contribution in [0.25, 0.3) is 11.0 Å². The minimum absolute atomic E-state index is 0.272. The fourth-order valence-electron chi connectivity index (χ4n) is 2.17. The predicted molar refractivity (Wildman–Crippen MR) is 76.6 cm³/mol. The summed E-state index contributed by atoms with van der Waals surface area (Å²) in [4.78, 5) is 6.31. The maximum atomic E-state index is 6.01. The fourth-order valence-corrected chi connectivity index (χ4v) is 2.17. The molecule has 1 unspecified atom stereocenters. The molecule has 0 fully saturated rings. The molecule has 2 heterocycles. The Hall–Kier alpha value is -2.25. The van der Waals surface area contributed by atoms with Gasteiger partial charge in [0, 0.05) is 11.9 Å². The smallest absolute Gasteiger partial charge is 0.232 e. The van der Waals surface area contributed by atoms with Gasteiger partial charge in [-0.2, -0.15) is 4.98 Å². The van der Waals surface area contributed by atoms with Gasteiger partial charge < -0.3 is 19.7 Å². The van der Waals surface area contributed by atoms with Crippen molar-refractivity contribution in [2.24, 2.45) is 5.73 Å². The SMILES string of the molecule is CN(C)CC(N)c1noc(Cc2noc3ccccc23)n1. The molecule has 7 nitrogen and oxygen atoms in total. The number of hydrogen-bond donors (Lipinski definition) is 1. The molecule has 0 bridgehead atoms. The quantitative estimate of drug-likeness (QED) is 0.757. The Morgan fingerprint density at radius 1 is 1.19 bits per heavy atom. The van der Waals surface area contributed by atoms with Crippen LogP contribution in [0.5, 0.6) is 0 Å². The van der Waals surface area contributed by atoms with E-state index in [0.29, 0.717) is 24.7 Å². The second-order valence-electron chi connectivity index (χ2n) is 5.22. The molecule has 0 spiro atoms. The summed E-state index contributed by atoms with van der Waals surface area (Å²) in [6.07, 6.45) is 0.429. The third kappa shape index (κ3) is 2.93. The van der Waals surface area contributed by atoms with Crippen LogP contribution in [-0.4, -0.2) is 40.8 Å². The van der Waals surface area contributed by atoms with Crippen molar-refractivity contribution < 1.29 is 9.05 Å². The van der Waals surface area contributed by atoms with Gasteiger partial charge in [0.2, 0.25) is 5.89 Å². The summed E-state index contributed by atoms with van der Waals surface area (Å²) >= 11 is 0. The summed E-state index contributed by atoms with van der Waals surface area (Å²) in [6, 6.07) is 7.40. The second kappa shape index (κ2) is 5.63. The van der Waals surface area contributed by atoms with Gasteiger partial charge in [0.1, 0.15) is 5.69 Å². The normalized spacial score (nSPS) is 13.1. The lowest BCUT2D eigenvalue weighted by Gasteiger charge is -2.12. The van der Waals surface area contributed by atoms with Crippen LogP contribution in [0.2, 0.25) is 0 Å². The summed E-state index contributed by atoms with van der Waals surface area (Å²) in [7, 11) is 3.89. The Balaban J connectivity index is 1.78. The van der Waals surface area contributed by atoms with Crippen molar-refractivity contribution in [3.8, 4) is 0 Å². The van der Waals surface area contributed by atoms with Gasteiger partial charge in [0.15, 0.2) is 11.4 Å². The number of hydrogen-bond acceptors (Lipinski definition) is 7. The molecular formula is C14H17N5O2. The molecule has 2 aromatic heterocycles. The molecule has 1 aromatic carbocycles. The lowest BCUT2D eigenvalue weighted by atomic mass is 10.2. The lowest BCUT2D eigenvalue weighted by Crippen LogP contribution is -2.26. The van der Waals surface area contributed by atoms with Gasteiger partial charge in [-0.1, -0.05) is 22.4 Å². The van der Waals surface area contributed by atoms with Gasteiger partial charge in [0.25, 0.3) is 0 Å². The van der Waals surface area contributed by atoms with Gasteiger partial charge in [0.05, 0.1) is 12.5 Å². The molecule has 0 radical (unpaired) electrons. The average molecular weight is 287 g/mol. The van der Waals surface area contributed by atoms with Gasteiger partial charge in [-0.05, 0) is 26.2 Å². The molecule has 0 saturated heterocycles. The minimum atomic E-state index is -0.272. The highest BCUT2D eigenvalue weighted by atomic mass is 16.5. The third-order valence-corrected chi connectivity index (χ3v) is 3.15. The number of nitrogens with two attached hydrogens (primary N) is 1. The number of benzene rings is 1. The van der Waals surface area contributed by atoms with Crippen LogP contribution in [0.4, 0.5) is 0 Å².